The third kappa shape index (κ3) is 4.93. The molecule has 1 rings (SSSR count). The van der Waals surface area contributed by atoms with E-state index in [0.717, 1.165) is 13.8 Å². The summed E-state index contributed by atoms with van der Waals surface area (Å²) in [5, 5.41) is 0. The van der Waals surface area contributed by atoms with Crippen LogP contribution in [0.3, 0.4) is 0 Å². The Kier molecular flexibility index (Phi) is 6.70. The van der Waals surface area contributed by atoms with Gasteiger partial charge in [0.15, 0.2) is 0 Å². The summed E-state index contributed by atoms with van der Waals surface area (Å²) < 4.78 is 93.3. The fourth-order valence-electron chi connectivity index (χ4n) is 2.21. The molecule has 28 heavy (non-hydrogen) atoms. The summed E-state index contributed by atoms with van der Waals surface area (Å²) in [6.07, 6.45) is -13.8. The van der Waals surface area contributed by atoms with Crippen molar-refractivity contribution in [3.63, 3.8) is 0 Å². The van der Waals surface area contributed by atoms with Crippen LogP contribution in [0.1, 0.15) is 38.2 Å². The molecule has 0 aliphatic carbocycles. The van der Waals surface area contributed by atoms with E-state index >= 15 is 0 Å². The van der Waals surface area contributed by atoms with Crippen molar-refractivity contribution < 1.29 is 54.9 Å². The number of halogens is 6. The van der Waals surface area contributed by atoms with Crippen LogP contribution in [-0.4, -0.2) is 30.3 Å². The standard InChI is InChI=1S/C16H14F6O6/c1-8(23)26-13(27-9(2)24)11-4-6-12(7-5-11)14(15(17,18)19,16(20,21)22)28-10(3)25/h4-7,13H,1-3H3. The van der Waals surface area contributed by atoms with E-state index in [-0.39, 0.29) is 5.56 Å². The number of carbonyl (C=O) groups excluding carboxylic acids is 3. The molecule has 0 fully saturated rings. The highest BCUT2D eigenvalue weighted by Gasteiger charge is 2.75. The van der Waals surface area contributed by atoms with Gasteiger partial charge in [0.2, 0.25) is 0 Å². The van der Waals surface area contributed by atoms with Gasteiger partial charge in [0.25, 0.3) is 6.29 Å². The summed E-state index contributed by atoms with van der Waals surface area (Å²) in [6, 6.07) is 2.17. The number of alkyl halides is 6. The van der Waals surface area contributed by atoms with Crippen LogP contribution in [0.25, 0.3) is 0 Å². The second kappa shape index (κ2) is 8.07. The molecule has 0 N–H and O–H groups in total. The van der Waals surface area contributed by atoms with E-state index in [1.807, 2.05) is 0 Å². The van der Waals surface area contributed by atoms with E-state index in [2.05, 4.69) is 14.2 Å². The molecule has 0 heterocycles. The van der Waals surface area contributed by atoms with E-state index in [0.29, 0.717) is 31.2 Å². The molecule has 0 aliphatic heterocycles. The summed E-state index contributed by atoms with van der Waals surface area (Å²) in [6.45, 7) is 2.30. The normalized spacial score (nSPS) is 12.5. The van der Waals surface area contributed by atoms with Crippen LogP contribution >= 0.6 is 0 Å². The number of ether oxygens (including phenoxy) is 3. The molecule has 0 amide bonds. The molecule has 0 spiro atoms. The van der Waals surface area contributed by atoms with Crippen molar-refractivity contribution >= 4 is 17.9 Å². The predicted molar refractivity (Wildman–Crippen MR) is 78.3 cm³/mol. The summed E-state index contributed by atoms with van der Waals surface area (Å²) in [7, 11) is 0. The number of hydrogen-bond acceptors (Lipinski definition) is 6. The van der Waals surface area contributed by atoms with Crippen LogP contribution in [-0.2, 0) is 34.2 Å². The average Bonchev–Trinajstić information content (AvgIpc) is 2.48. The van der Waals surface area contributed by atoms with Gasteiger partial charge in [-0.05, 0) is 0 Å². The molecule has 6 nitrogen and oxygen atoms in total. The van der Waals surface area contributed by atoms with E-state index in [1.165, 1.54) is 0 Å². The van der Waals surface area contributed by atoms with Crippen LogP contribution in [0.15, 0.2) is 24.3 Å². The third-order valence-corrected chi connectivity index (χ3v) is 3.23. The predicted octanol–water partition coefficient (Wildman–Crippen LogP) is 3.69. The Morgan fingerprint density at radius 1 is 0.750 bits per heavy atom. The molecular weight excluding hydrogens is 402 g/mol. The van der Waals surface area contributed by atoms with Crippen molar-refractivity contribution in [2.24, 2.45) is 0 Å². The Hall–Kier alpha value is -2.79. The molecule has 0 bridgehead atoms. The minimum absolute atomic E-state index is 0.227. The van der Waals surface area contributed by atoms with Gasteiger partial charge in [0.1, 0.15) is 0 Å². The highest BCUT2D eigenvalue weighted by molar-refractivity contribution is 5.68. The Morgan fingerprint density at radius 3 is 1.43 bits per heavy atom. The number of carbonyl (C=O) groups is 3. The van der Waals surface area contributed by atoms with E-state index in [1.54, 1.807) is 0 Å². The van der Waals surface area contributed by atoms with Crippen LogP contribution < -0.4 is 0 Å². The first kappa shape index (κ1) is 23.2. The van der Waals surface area contributed by atoms with Gasteiger partial charge in [-0.3, -0.25) is 14.4 Å². The van der Waals surface area contributed by atoms with Gasteiger partial charge in [0, 0.05) is 31.9 Å². The largest absolute Gasteiger partial charge is 0.442 e. The molecular formula is C16H14F6O6. The number of benzene rings is 1. The highest BCUT2D eigenvalue weighted by Crippen LogP contribution is 2.53. The minimum Gasteiger partial charge on any atom is -0.435 e. The SMILES string of the molecule is CC(=O)OC(OC(C)=O)c1ccc(C(OC(C)=O)(C(F)(F)F)C(F)(F)F)cc1. The number of esters is 3. The maximum atomic E-state index is 13.4. The van der Waals surface area contributed by atoms with Crippen molar-refractivity contribution in [1.82, 2.24) is 0 Å². The lowest BCUT2D eigenvalue weighted by molar-refractivity contribution is -0.377. The van der Waals surface area contributed by atoms with Crippen LogP contribution in [0.4, 0.5) is 26.3 Å². The fourth-order valence-corrected chi connectivity index (χ4v) is 2.21. The summed E-state index contributed by atoms with van der Waals surface area (Å²) in [5.74, 6) is -3.65. The zero-order valence-electron chi connectivity index (χ0n) is 14.6. The number of rotatable bonds is 5. The van der Waals surface area contributed by atoms with E-state index in [9.17, 15) is 40.7 Å². The first-order valence-corrected chi connectivity index (χ1v) is 7.39. The second-order valence-electron chi connectivity index (χ2n) is 5.44. The van der Waals surface area contributed by atoms with E-state index in [4.69, 9.17) is 0 Å². The smallest absolute Gasteiger partial charge is 0.435 e. The van der Waals surface area contributed by atoms with Crippen molar-refractivity contribution in [3.8, 4) is 0 Å². The van der Waals surface area contributed by atoms with Gasteiger partial charge in [-0.15, -0.1) is 0 Å². The molecule has 1 aromatic carbocycles. The quantitative estimate of drug-likeness (QED) is 0.414. The molecule has 0 atom stereocenters. The molecule has 0 aliphatic rings. The van der Waals surface area contributed by atoms with Gasteiger partial charge in [0.05, 0.1) is 0 Å². The fraction of sp³-hybridized carbons (Fsp3) is 0.438. The lowest BCUT2D eigenvalue weighted by Gasteiger charge is -2.36. The monoisotopic (exact) mass is 416 g/mol. The van der Waals surface area contributed by atoms with Gasteiger partial charge in [-0.1, -0.05) is 24.3 Å². The second-order valence-corrected chi connectivity index (χ2v) is 5.44. The first-order chi connectivity index (χ1) is 12.6. The van der Waals surface area contributed by atoms with Gasteiger partial charge in [-0.25, -0.2) is 0 Å². The maximum absolute atomic E-state index is 13.4. The molecule has 0 saturated carbocycles. The summed E-state index contributed by atoms with van der Waals surface area (Å²) in [4.78, 5) is 33.1. The Balaban J connectivity index is 3.52. The van der Waals surface area contributed by atoms with Gasteiger partial charge < -0.3 is 14.2 Å². The lowest BCUT2D eigenvalue weighted by Crippen LogP contribution is -2.56. The van der Waals surface area contributed by atoms with Crippen molar-refractivity contribution in [2.45, 2.75) is 45.0 Å². The Morgan fingerprint density at radius 2 is 1.14 bits per heavy atom. The molecule has 156 valence electrons. The molecule has 0 radical (unpaired) electrons. The van der Waals surface area contributed by atoms with E-state index < -0.39 is 47.7 Å². The summed E-state index contributed by atoms with van der Waals surface area (Å²) >= 11 is 0. The van der Waals surface area contributed by atoms with Crippen LogP contribution in [0.5, 0.6) is 0 Å². The molecule has 0 aromatic heterocycles. The first-order valence-electron chi connectivity index (χ1n) is 7.39. The van der Waals surface area contributed by atoms with Gasteiger partial charge >= 0.3 is 35.9 Å². The highest BCUT2D eigenvalue weighted by atomic mass is 19.4. The lowest BCUT2D eigenvalue weighted by atomic mass is 9.91. The van der Waals surface area contributed by atoms with Crippen molar-refractivity contribution in [1.29, 1.82) is 0 Å². The molecule has 1 aromatic rings. The topological polar surface area (TPSA) is 78.9 Å². The minimum atomic E-state index is -6.04. The van der Waals surface area contributed by atoms with Crippen LogP contribution in [0, 0.1) is 0 Å². The number of hydrogen-bond donors (Lipinski definition) is 0. The molecule has 0 unspecified atom stereocenters. The van der Waals surface area contributed by atoms with Crippen molar-refractivity contribution in [2.75, 3.05) is 0 Å². The summed E-state index contributed by atoms with van der Waals surface area (Å²) in [5.41, 5.74) is -6.59. The molecule has 12 heteroatoms. The maximum Gasteiger partial charge on any atom is 0.442 e. The zero-order chi connectivity index (χ0) is 21.9. The third-order valence-electron chi connectivity index (χ3n) is 3.23. The average molecular weight is 416 g/mol. The molecule has 0 saturated heterocycles. The van der Waals surface area contributed by atoms with Crippen LogP contribution in [0.2, 0.25) is 0 Å². The Bertz CT molecular complexity index is 707. The van der Waals surface area contributed by atoms with Gasteiger partial charge in [-0.2, -0.15) is 26.3 Å². The zero-order valence-corrected chi connectivity index (χ0v) is 14.6. The van der Waals surface area contributed by atoms with Crippen molar-refractivity contribution in [3.05, 3.63) is 35.4 Å². The Labute approximate surface area is 154 Å².